The summed E-state index contributed by atoms with van der Waals surface area (Å²) in [4.78, 5) is 15.8. The Morgan fingerprint density at radius 2 is 1.91 bits per heavy atom. The molecule has 2 heterocycles. The Bertz CT molecular complexity index is 916. The standard InChI is InChI=1S/C15H10F3N3O2/c1-8-12(14(22)23)9-4-2-3-5-10(9)19-13(8)21-7-6-11(20-21)15(16,17)18/h2-7H,1H3,(H,22,23). The molecule has 5 nitrogen and oxygen atoms in total. The highest BCUT2D eigenvalue weighted by atomic mass is 19.4. The molecule has 0 spiro atoms. The third-order valence-corrected chi connectivity index (χ3v) is 3.42. The summed E-state index contributed by atoms with van der Waals surface area (Å²) >= 11 is 0. The molecule has 23 heavy (non-hydrogen) atoms. The molecule has 0 amide bonds. The van der Waals surface area contributed by atoms with E-state index in [9.17, 15) is 23.1 Å². The summed E-state index contributed by atoms with van der Waals surface area (Å²) < 4.78 is 39.0. The van der Waals surface area contributed by atoms with E-state index in [1.807, 2.05) is 0 Å². The Hall–Kier alpha value is -2.90. The van der Waals surface area contributed by atoms with Crippen LogP contribution in [0.5, 0.6) is 0 Å². The van der Waals surface area contributed by atoms with Crippen LogP contribution in [0.15, 0.2) is 36.5 Å². The second-order valence-corrected chi connectivity index (χ2v) is 4.90. The lowest BCUT2D eigenvalue weighted by Crippen LogP contribution is -2.11. The van der Waals surface area contributed by atoms with Gasteiger partial charge in [0.25, 0.3) is 0 Å². The van der Waals surface area contributed by atoms with Crippen molar-refractivity contribution < 1.29 is 23.1 Å². The van der Waals surface area contributed by atoms with Crippen LogP contribution in [0.1, 0.15) is 21.6 Å². The molecule has 2 aromatic heterocycles. The van der Waals surface area contributed by atoms with Crippen LogP contribution in [0.4, 0.5) is 13.2 Å². The zero-order valence-electron chi connectivity index (χ0n) is 11.8. The highest BCUT2D eigenvalue weighted by Crippen LogP contribution is 2.29. The van der Waals surface area contributed by atoms with Gasteiger partial charge >= 0.3 is 12.1 Å². The zero-order valence-corrected chi connectivity index (χ0v) is 11.8. The van der Waals surface area contributed by atoms with Gasteiger partial charge in [-0.1, -0.05) is 18.2 Å². The summed E-state index contributed by atoms with van der Waals surface area (Å²) in [5.41, 5.74) is -0.457. The van der Waals surface area contributed by atoms with Crippen LogP contribution in [0.3, 0.4) is 0 Å². The van der Waals surface area contributed by atoms with Crippen LogP contribution >= 0.6 is 0 Å². The van der Waals surface area contributed by atoms with Crippen molar-refractivity contribution in [3.05, 3.63) is 53.3 Å². The summed E-state index contributed by atoms with van der Waals surface area (Å²) in [6.45, 7) is 1.49. The molecule has 0 aliphatic heterocycles. The van der Waals surface area contributed by atoms with E-state index in [-0.39, 0.29) is 16.9 Å². The van der Waals surface area contributed by atoms with Gasteiger partial charge in [0.15, 0.2) is 11.5 Å². The first kappa shape index (κ1) is 15.0. The average molecular weight is 321 g/mol. The minimum atomic E-state index is -4.58. The summed E-state index contributed by atoms with van der Waals surface area (Å²) in [7, 11) is 0. The Kier molecular flexibility index (Phi) is 3.32. The van der Waals surface area contributed by atoms with Crippen molar-refractivity contribution >= 4 is 16.9 Å². The van der Waals surface area contributed by atoms with E-state index in [4.69, 9.17) is 0 Å². The average Bonchev–Trinajstić information content (AvgIpc) is 2.95. The molecule has 0 atom stereocenters. The lowest BCUT2D eigenvalue weighted by Gasteiger charge is -2.11. The van der Waals surface area contributed by atoms with Gasteiger partial charge in [0, 0.05) is 17.1 Å². The number of carboxylic acids is 1. The SMILES string of the molecule is Cc1c(-n2ccc(C(F)(F)F)n2)nc2ccccc2c1C(=O)O. The number of aromatic carboxylic acids is 1. The fourth-order valence-corrected chi connectivity index (χ4v) is 2.39. The monoisotopic (exact) mass is 321 g/mol. The molecule has 1 N–H and O–H groups in total. The lowest BCUT2D eigenvalue weighted by atomic mass is 10.0. The first-order valence-electron chi connectivity index (χ1n) is 6.55. The number of fused-ring (bicyclic) bond motifs is 1. The van der Waals surface area contributed by atoms with Crippen molar-refractivity contribution in [1.82, 2.24) is 14.8 Å². The molecular formula is C15H10F3N3O2. The second-order valence-electron chi connectivity index (χ2n) is 4.90. The smallest absolute Gasteiger partial charge is 0.435 e. The van der Waals surface area contributed by atoms with Gasteiger partial charge in [-0.25, -0.2) is 14.5 Å². The highest BCUT2D eigenvalue weighted by molar-refractivity contribution is 6.04. The normalized spacial score (nSPS) is 11.8. The molecule has 1 aromatic carbocycles. The molecule has 0 saturated heterocycles. The highest BCUT2D eigenvalue weighted by Gasteiger charge is 2.34. The number of aromatic nitrogens is 3. The molecule has 118 valence electrons. The zero-order chi connectivity index (χ0) is 16.8. The predicted octanol–water partition coefficient (Wildman–Crippen LogP) is 3.45. The van der Waals surface area contributed by atoms with Gasteiger partial charge in [-0.3, -0.25) is 0 Å². The number of para-hydroxylation sites is 1. The van der Waals surface area contributed by atoms with Crippen LogP contribution in [0.2, 0.25) is 0 Å². The van der Waals surface area contributed by atoms with Crippen LogP contribution in [-0.4, -0.2) is 25.8 Å². The van der Waals surface area contributed by atoms with Gasteiger partial charge in [0.05, 0.1) is 11.1 Å². The molecule has 8 heteroatoms. The number of rotatable bonds is 2. The van der Waals surface area contributed by atoms with E-state index in [0.717, 1.165) is 16.9 Å². The van der Waals surface area contributed by atoms with Crippen molar-refractivity contribution in [2.24, 2.45) is 0 Å². The first-order valence-corrected chi connectivity index (χ1v) is 6.55. The molecule has 3 rings (SSSR count). The maximum atomic E-state index is 12.7. The fourth-order valence-electron chi connectivity index (χ4n) is 2.39. The van der Waals surface area contributed by atoms with Gasteiger partial charge in [0.1, 0.15) is 0 Å². The quantitative estimate of drug-likeness (QED) is 0.785. The Morgan fingerprint density at radius 1 is 1.22 bits per heavy atom. The number of hydrogen-bond acceptors (Lipinski definition) is 3. The summed E-state index contributed by atoms with van der Waals surface area (Å²) in [6.07, 6.45) is -3.47. The number of hydrogen-bond donors (Lipinski definition) is 1. The Labute approximate surface area is 128 Å². The number of pyridine rings is 1. The Morgan fingerprint density at radius 3 is 2.52 bits per heavy atom. The minimum Gasteiger partial charge on any atom is -0.478 e. The number of halogens is 3. The number of carbonyl (C=O) groups is 1. The van der Waals surface area contributed by atoms with Gasteiger partial charge in [-0.2, -0.15) is 18.3 Å². The second kappa shape index (κ2) is 5.08. The third-order valence-electron chi connectivity index (χ3n) is 3.42. The van der Waals surface area contributed by atoms with Crippen LogP contribution in [0.25, 0.3) is 16.7 Å². The van der Waals surface area contributed by atoms with Gasteiger partial charge < -0.3 is 5.11 Å². The van der Waals surface area contributed by atoms with E-state index in [1.54, 1.807) is 24.3 Å². The van der Waals surface area contributed by atoms with E-state index in [2.05, 4.69) is 10.1 Å². The van der Waals surface area contributed by atoms with Crippen molar-refractivity contribution in [2.75, 3.05) is 0 Å². The van der Waals surface area contributed by atoms with Crippen LogP contribution in [0, 0.1) is 6.92 Å². The maximum Gasteiger partial charge on any atom is 0.435 e. The largest absolute Gasteiger partial charge is 0.478 e. The molecule has 0 radical (unpaired) electrons. The van der Waals surface area contributed by atoms with Gasteiger partial charge in [0.2, 0.25) is 0 Å². The maximum absolute atomic E-state index is 12.7. The summed E-state index contributed by atoms with van der Waals surface area (Å²) in [5, 5.41) is 13.3. The first-order chi connectivity index (χ1) is 10.8. The van der Waals surface area contributed by atoms with Gasteiger partial charge in [-0.15, -0.1) is 0 Å². The molecule has 0 saturated carbocycles. The van der Waals surface area contributed by atoms with Crippen LogP contribution < -0.4 is 0 Å². The minimum absolute atomic E-state index is 0.00495. The van der Waals surface area contributed by atoms with E-state index >= 15 is 0 Å². The topological polar surface area (TPSA) is 68.0 Å². The van der Waals surface area contributed by atoms with E-state index < -0.39 is 17.8 Å². The number of nitrogens with zero attached hydrogens (tertiary/aromatic N) is 3. The molecule has 0 aliphatic rings. The molecule has 3 aromatic rings. The third kappa shape index (κ3) is 2.52. The van der Waals surface area contributed by atoms with Crippen molar-refractivity contribution in [3.63, 3.8) is 0 Å². The summed E-state index contributed by atoms with van der Waals surface area (Å²) in [6, 6.07) is 7.36. The summed E-state index contributed by atoms with van der Waals surface area (Å²) in [5.74, 6) is -1.12. The Balaban J connectivity index is 2.28. The number of alkyl halides is 3. The van der Waals surface area contributed by atoms with Crippen molar-refractivity contribution in [1.29, 1.82) is 0 Å². The molecule has 0 bridgehead atoms. The van der Waals surface area contributed by atoms with Crippen LogP contribution in [-0.2, 0) is 6.18 Å². The number of benzene rings is 1. The van der Waals surface area contributed by atoms with Gasteiger partial charge in [-0.05, 0) is 19.1 Å². The number of carboxylic acid groups (broad SMARTS) is 1. The fraction of sp³-hybridized carbons (Fsp3) is 0.133. The lowest BCUT2D eigenvalue weighted by molar-refractivity contribution is -0.141. The molecule has 0 unspecified atom stereocenters. The van der Waals surface area contributed by atoms with E-state index in [0.29, 0.717) is 10.9 Å². The molecule has 0 fully saturated rings. The van der Waals surface area contributed by atoms with Crippen molar-refractivity contribution in [2.45, 2.75) is 13.1 Å². The molecule has 0 aliphatic carbocycles. The predicted molar refractivity (Wildman–Crippen MR) is 75.6 cm³/mol. The molecular weight excluding hydrogens is 311 g/mol. The van der Waals surface area contributed by atoms with E-state index in [1.165, 1.54) is 6.92 Å². The van der Waals surface area contributed by atoms with Crippen molar-refractivity contribution in [3.8, 4) is 5.82 Å².